The summed E-state index contributed by atoms with van der Waals surface area (Å²) in [7, 11) is 4.42. The maximum absolute atomic E-state index is 5.98. The number of likely N-dealkylation sites (N-methyl/N-ethyl adjacent to an activating group) is 2. The second-order valence-corrected chi connectivity index (χ2v) is 7.39. The predicted octanol–water partition coefficient (Wildman–Crippen LogP) is 2.38. The molecule has 122 valence electrons. The SMILES string of the molecule is CNC1CCC2(CC1N(C)C1CCC(C)CC1)OCCO2. The van der Waals surface area contributed by atoms with Gasteiger partial charge in [-0.1, -0.05) is 6.92 Å². The Bertz CT molecular complexity index is 336. The van der Waals surface area contributed by atoms with Gasteiger partial charge in [0.15, 0.2) is 5.79 Å². The number of hydrogen-bond donors (Lipinski definition) is 1. The molecule has 1 heterocycles. The van der Waals surface area contributed by atoms with E-state index in [1.807, 2.05) is 0 Å². The number of rotatable bonds is 3. The molecular weight excluding hydrogens is 264 g/mol. The minimum Gasteiger partial charge on any atom is -0.347 e. The van der Waals surface area contributed by atoms with Crippen LogP contribution in [0.1, 0.15) is 51.9 Å². The lowest BCUT2D eigenvalue weighted by Gasteiger charge is -2.48. The van der Waals surface area contributed by atoms with Gasteiger partial charge in [-0.05, 0) is 52.1 Å². The summed E-state index contributed by atoms with van der Waals surface area (Å²) < 4.78 is 12.0. The second-order valence-electron chi connectivity index (χ2n) is 7.39. The molecule has 0 aromatic carbocycles. The summed E-state index contributed by atoms with van der Waals surface area (Å²) in [5.41, 5.74) is 0. The van der Waals surface area contributed by atoms with Crippen LogP contribution in [-0.4, -0.2) is 56.1 Å². The molecule has 0 amide bonds. The summed E-state index contributed by atoms with van der Waals surface area (Å²) in [5, 5.41) is 3.54. The van der Waals surface area contributed by atoms with E-state index in [4.69, 9.17) is 9.47 Å². The Morgan fingerprint density at radius 1 is 1.05 bits per heavy atom. The molecule has 21 heavy (non-hydrogen) atoms. The van der Waals surface area contributed by atoms with Crippen LogP contribution >= 0.6 is 0 Å². The van der Waals surface area contributed by atoms with E-state index < -0.39 is 0 Å². The molecule has 3 aliphatic rings. The molecule has 2 unspecified atom stereocenters. The van der Waals surface area contributed by atoms with Crippen molar-refractivity contribution in [2.75, 3.05) is 27.3 Å². The first kappa shape index (κ1) is 15.7. The lowest BCUT2D eigenvalue weighted by Crippen LogP contribution is -2.58. The maximum Gasteiger partial charge on any atom is 0.170 e. The third-order valence-electron chi connectivity index (χ3n) is 6.09. The number of ether oxygens (including phenoxy) is 2. The smallest absolute Gasteiger partial charge is 0.170 e. The standard InChI is InChI=1S/C17H32N2O2/c1-13-4-6-14(7-5-13)19(3)16-12-17(20-10-11-21-17)9-8-15(16)18-2/h13-16,18H,4-12H2,1-3H3. The minimum atomic E-state index is -0.283. The van der Waals surface area contributed by atoms with Crippen molar-refractivity contribution in [2.24, 2.45) is 5.92 Å². The Morgan fingerprint density at radius 2 is 1.71 bits per heavy atom. The fourth-order valence-corrected chi connectivity index (χ4v) is 4.58. The summed E-state index contributed by atoms with van der Waals surface area (Å²) in [5.74, 6) is 0.628. The van der Waals surface area contributed by atoms with Crippen LogP contribution in [0.3, 0.4) is 0 Å². The molecule has 0 aromatic rings. The Hall–Kier alpha value is -0.160. The molecule has 0 bridgehead atoms. The van der Waals surface area contributed by atoms with Gasteiger partial charge in [0.1, 0.15) is 0 Å². The lowest BCUT2D eigenvalue weighted by molar-refractivity contribution is -0.194. The zero-order valence-electron chi connectivity index (χ0n) is 13.9. The molecule has 1 N–H and O–H groups in total. The highest BCUT2D eigenvalue weighted by Gasteiger charge is 2.46. The van der Waals surface area contributed by atoms with Crippen molar-refractivity contribution in [3.8, 4) is 0 Å². The van der Waals surface area contributed by atoms with Crippen molar-refractivity contribution in [1.29, 1.82) is 0 Å². The highest BCUT2D eigenvalue weighted by molar-refractivity contribution is 4.97. The average molecular weight is 296 g/mol. The van der Waals surface area contributed by atoms with Crippen molar-refractivity contribution in [3.05, 3.63) is 0 Å². The van der Waals surface area contributed by atoms with Gasteiger partial charge < -0.3 is 14.8 Å². The maximum atomic E-state index is 5.98. The molecule has 0 radical (unpaired) electrons. The van der Waals surface area contributed by atoms with E-state index in [1.54, 1.807) is 0 Å². The molecule has 2 atom stereocenters. The number of hydrogen-bond acceptors (Lipinski definition) is 4. The molecular formula is C17H32N2O2. The van der Waals surface area contributed by atoms with E-state index in [0.29, 0.717) is 12.1 Å². The molecule has 1 spiro atoms. The molecule has 4 nitrogen and oxygen atoms in total. The fraction of sp³-hybridized carbons (Fsp3) is 1.00. The highest BCUT2D eigenvalue weighted by Crippen LogP contribution is 2.39. The van der Waals surface area contributed by atoms with E-state index >= 15 is 0 Å². The lowest BCUT2D eigenvalue weighted by atomic mass is 9.81. The van der Waals surface area contributed by atoms with Crippen LogP contribution in [0.15, 0.2) is 0 Å². The first-order chi connectivity index (χ1) is 10.1. The molecule has 1 saturated heterocycles. The molecule has 0 aromatic heterocycles. The van der Waals surface area contributed by atoms with Crippen LogP contribution in [0, 0.1) is 5.92 Å². The first-order valence-corrected chi connectivity index (χ1v) is 8.81. The fourth-order valence-electron chi connectivity index (χ4n) is 4.58. The van der Waals surface area contributed by atoms with Crippen molar-refractivity contribution in [1.82, 2.24) is 10.2 Å². The zero-order chi connectivity index (χ0) is 14.9. The quantitative estimate of drug-likeness (QED) is 0.867. The second kappa shape index (κ2) is 6.53. The average Bonchev–Trinajstić information content (AvgIpc) is 2.95. The van der Waals surface area contributed by atoms with Crippen LogP contribution in [0.25, 0.3) is 0 Å². The summed E-state index contributed by atoms with van der Waals surface area (Å²) >= 11 is 0. The van der Waals surface area contributed by atoms with Crippen LogP contribution in [0.5, 0.6) is 0 Å². The van der Waals surface area contributed by atoms with Crippen molar-refractivity contribution >= 4 is 0 Å². The normalized spacial score (nSPS) is 40.0. The van der Waals surface area contributed by atoms with Gasteiger partial charge in [0.25, 0.3) is 0 Å². The summed E-state index contributed by atoms with van der Waals surface area (Å²) in [6, 6.07) is 1.83. The van der Waals surface area contributed by atoms with Crippen LogP contribution < -0.4 is 5.32 Å². The Labute approximate surface area is 129 Å². The van der Waals surface area contributed by atoms with Crippen LogP contribution in [0.4, 0.5) is 0 Å². The van der Waals surface area contributed by atoms with Gasteiger partial charge in [-0.15, -0.1) is 0 Å². The van der Waals surface area contributed by atoms with E-state index in [0.717, 1.165) is 44.4 Å². The van der Waals surface area contributed by atoms with E-state index in [-0.39, 0.29) is 5.79 Å². The predicted molar refractivity (Wildman–Crippen MR) is 84.3 cm³/mol. The van der Waals surface area contributed by atoms with Crippen molar-refractivity contribution in [2.45, 2.75) is 75.8 Å². The van der Waals surface area contributed by atoms with Gasteiger partial charge in [0.2, 0.25) is 0 Å². The number of nitrogens with zero attached hydrogens (tertiary/aromatic N) is 1. The van der Waals surface area contributed by atoms with Crippen molar-refractivity contribution < 1.29 is 9.47 Å². The number of nitrogens with one attached hydrogen (secondary N) is 1. The van der Waals surface area contributed by atoms with Crippen molar-refractivity contribution in [3.63, 3.8) is 0 Å². The Kier molecular flexibility index (Phi) is 4.89. The van der Waals surface area contributed by atoms with Gasteiger partial charge in [-0.25, -0.2) is 0 Å². The summed E-state index contributed by atoms with van der Waals surface area (Å²) in [6.45, 7) is 3.92. The molecule has 3 rings (SSSR count). The molecule has 4 heteroatoms. The molecule has 1 aliphatic heterocycles. The van der Waals surface area contributed by atoms with Gasteiger partial charge in [-0.2, -0.15) is 0 Å². The Balaban J connectivity index is 1.67. The molecule has 2 aliphatic carbocycles. The zero-order valence-corrected chi connectivity index (χ0v) is 13.9. The molecule has 3 fully saturated rings. The molecule has 2 saturated carbocycles. The minimum absolute atomic E-state index is 0.283. The van der Waals surface area contributed by atoms with Crippen LogP contribution in [-0.2, 0) is 9.47 Å². The highest BCUT2D eigenvalue weighted by atomic mass is 16.7. The summed E-state index contributed by atoms with van der Waals surface area (Å²) in [6.07, 6.45) is 8.65. The monoisotopic (exact) mass is 296 g/mol. The third kappa shape index (κ3) is 3.29. The van der Waals surface area contributed by atoms with E-state index in [1.165, 1.54) is 25.7 Å². The van der Waals surface area contributed by atoms with Gasteiger partial charge in [-0.3, -0.25) is 4.90 Å². The van der Waals surface area contributed by atoms with E-state index in [9.17, 15) is 0 Å². The van der Waals surface area contributed by atoms with Gasteiger partial charge in [0.05, 0.1) is 13.2 Å². The van der Waals surface area contributed by atoms with Gasteiger partial charge in [0, 0.05) is 31.0 Å². The summed E-state index contributed by atoms with van der Waals surface area (Å²) in [4.78, 5) is 2.64. The topological polar surface area (TPSA) is 33.7 Å². The first-order valence-electron chi connectivity index (χ1n) is 8.81. The Morgan fingerprint density at radius 3 is 2.33 bits per heavy atom. The van der Waals surface area contributed by atoms with Crippen LogP contribution in [0.2, 0.25) is 0 Å². The van der Waals surface area contributed by atoms with Gasteiger partial charge >= 0.3 is 0 Å². The van der Waals surface area contributed by atoms with E-state index in [2.05, 4.69) is 31.2 Å². The third-order valence-corrected chi connectivity index (χ3v) is 6.09. The largest absolute Gasteiger partial charge is 0.347 e.